The number of thiophene rings is 1. The normalized spacial score (nSPS) is 11.2. The Balaban J connectivity index is 1.75. The maximum absolute atomic E-state index is 12.1. The number of carbonyl (C=O) groups excluding carboxylic acids is 1. The molecule has 0 spiro atoms. The largest absolute Gasteiger partial charge is 0.447 e. The van der Waals surface area contributed by atoms with Crippen LogP contribution in [0, 0.1) is 10.1 Å². The SMILES string of the molecule is O=C(NN=Cc1cc(Br)c(Br)o1)c1cc2cc([N+](=O)[O-])ccc2s1. The number of hydrogen-bond donors (Lipinski definition) is 1. The van der Waals surface area contributed by atoms with Gasteiger partial charge in [0.15, 0.2) is 4.67 Å². The van der Waals surface area contributed by atoms with E-state index in [0.29, 0.717) is 20.7 Å². The highest BCUT2D eigenvalue weighted by molar-refractivity contribution is 9.13. The number of amides is 1. The van der Waals surface area contributed by atoms with Crippen molar-refractivity contribution in [3.05, 3.63) is 60.2 Å². The molecule has 1 aromatic carbocycles. The van der Waals surface area contributed by atoms with Crippen LogP contribution in [0.25, 0.3) is 10.1 Å². The van der Waals surface area contributed by atoms with Gasteiger partial charge < -0.3 is 4.42 Å². The predicted octanol–water partition coefficient (Wildman–Crippen LogP) is 4.69. The van der Waals surface area contributed by atoms with Crippen molar-refractivity contribution in [2.24, 2.45) is 5.10 Å². The Labute approximate surface area is 155 Å². The predicted molar refractivity (Wildman–Crippen MR) is 97.6 cm³/mol. The van der Waals surface area contributed by atoms with Gasteiger partial charge >= 0.3 is 0 Å². The minimum absolute atomic E-state index is 0.0146. The van der Waals surface area contributed by atoms with E-state index < -0.39 is 10.8 Å². The van der Waals surface area contributed by atoms with Crippen LogP contribution in [0.5, 0.6) is 0 Å². The molecule has 24 heavy (non-hydrogen) atoms. The molecule has 2 aromatic heterocycles. The molecule has 0 atom stereocenters. The minimum atomic E-state index is -0.471. The van der Waals surface area contributed by atoms with Gasteiger partial charge in [-0.3, -0.25) is 14.9 Å². The van der Waals surface area contributed by atoms with E-state index in [-0.39, 0.29) is 5.69 Å². The molecule has 0 aliphatic carbocycles. The fourth-order valence-electron chi connectivity index (χ4n) is 1.89. The van der Waals surface area contributed by atoms with E-state index in [2.05, 4.69) is 42.4 Å². The van der Waals surface area contributed by atoms with Gasteiger partial charge in [0.25, 0.3) is 11.6 Å². The van der Waals surface area contributed by atoms with Gasteiger partial charge in [-0.2, -0.15) is 5.10 Å². The van der Waals surface area contributed by atoms with E-state index in [1.165, 1.54) is 29.7 Å². The summed E-state index contributed by atoms with van der Waals surface area (Å²) in [4.78, 5) is 22.8. The zero-order valence-corrected chi connectivity index (χ0v) is 15.6. The van der Waals surface area contributed by atoms with Crippen LogP contribution < -0.4 is 5.43 Å². The van der Waals surface area contributed by atoms with Crippen molar-refractivity contribution in [2.75, 3.05) is 0 Å². The number of hydrazone groups is 1. The van der Waals surface area contributed by atoms with Gasteiger partial charge in [-0.15, -0.1) is 11.3 Å². The number of fused-ring (bicyclic) bond motifs is 1. The molecule has 1 amide bonds. The first-order chi connectivity index (χ1) is 11.4. The molecule has 10 heteroatoms. The number of nitro benzene ring substituents is 1. The maximum Gasteiger partial charge on any atom is 0.281 e. The summed E-state index contributed by atoms with van der Waals surface area (Å²) >= 11 is 7.71. The third kappa shape index (κ3) is 3.55. The van der Waals surface area contributed by atoms with Gasteiger partial charge in [0.2, 0.25) is 0 Å². The second-order valence-corrected chi connectivity index (χ2v) is 7.22. The summed E-state index contributed by atoms with van der Waals surface area (Å²) in [6, 6.07) is 7.75. The first-order valence-electron chi connectivity index (χ1n) is 6.40. The lowest BCUT2D eigenvalue weighted by Crippen LogP contribution is -2.15. The molecule has 7 nitrogen and oxygen atoms in total. The number of benzene rings is 1. The molecular weight excluding hydrogens is 466 g/mol. The van der Waals surface area contributed by atoms with Crippen LogP contribution in [0.2, 0.25) is 0 Å². The standard InChI is InChI=1S/C14H7Br2N3O4S/c15-10-5-9(23-13(10)16)6-17-18-14(20)12-4-7-3-8(19(21)22)1-2-11(7)24-12/h1-6H,(H,18,20). The van der Waals surface area contributed by atoms with Crippen molar-refractivity contribution in [3.8, 4) is 0 Å². The second kappa shape index (κ2) is 6.83. The molecule has 0 saturated heterocycles. The molecular formula is C14H7Br2N3O4S. The summed E-state index contributed by atoms with van der Waals surface area (Å²) in [5.74, 6) is 0.0563. The zero-order chi connectivity index (χ0) is 17.3. The number of rotatable bonds is 4. The molecule has 0 radical (unpaired) electrons. The molecule has 0 fully saturated rings. The van der Waals surface area contributed by atoms with Crippen molar-refractivity contribution < 1.29 is 14.1 Å². The van der Waals surface area contributed by atoms with Gasteiger partial charge in [0.05, 0.1) is 20.5 Å². The summed E-state index contributed by atoms with van der Waals surface area (Å²) < 4.78 is 7.35. The van der Waals surface area contributed by atoms with Gasteiger partial charge in [-0.1, -0.05) is 0 Å². The Kier molecular flexibility index (Phi) is 4.78. The fourth-order valence-corrected chi connectivity index (χ4v) is 3.43. The molecule has 0 bridgehead atoms. The lowest BCUT2D eigenvalue weighted by atomic mass is 10.2. The van der Waals surface area contributed by atoms with Crippen LogP contribution >= 0.6 is 43.2 Å². The summed E-state index contributed by atoms with van der Waals surface area (Å²) in [7, 11) is 0. The van der Waals surface area contributed by atoms with Crippen LogP contribution in [0.15, 0.2) is 49.0 Å². The number of non-ortho nitro benzene ring substituents is 1. The molecule has 0 aliphatic rings. The van der Waals surface area contributed by atoms with Crippen LogP contribution in [-0.4, -0.2) is 17.0 Å². The van der Waals surface area contributed by atoms with Crippen molar-refractivity contribution in [1.29, 1.82) is 0 Å². The number of nitrogens with zero attached hydrogens (tertiary/aromatic N) is 2. The highest BCUT2D eigenvalue weighted by atomic mass is 79.9. The first kappa shape index (κ1) is 16.8. The quantitative estimate of drug-likeness (QED) is 0.338. The number of nitro groups is 1. The van der Waals surface area contributed by atoms with E-state index in [4.69, 9.17) is 4.42 Å². The number of halogens is 2. The van der Waals surface area contributed by atoms with Crippen LogP contribution in [0.1, 0.15) is 15.4 Å². The van der Waals surface area contributed by atoms with Crippen LogP contribution in [-0.2, 0) is 0 Å². The molecule has 0 saturated carbocycles. The summed E-state index contributed by atoms with van der Waals surface area (Å²) in [6.07, 6.45) is 1.37. The van der Waals surface area contributed by atoms with Crippen LogP contribution in [0.3, 0.4) is 0 Å². The lowest BCUT2D eigenvalue weighted by molar-refractivity contribution is -0.384. The smallest absolute Gasteiger partial charge is 0.281 e. The number of hydrogen-bond acceptors (Lipinski definition) is 6. The second-order valence-electron chi connectivity index (χ2n) is 4.56. The van der Waals surface area contributed by atoms with Crippen molar-refractivity contribution in [2.45, 2.75) is 0 Å². The van der Waals surface area contributed by atoms with E-state index >= 15 is 0 Å². The third-order valence-electron chi connectivity index (χ3n) is 2.96. The van der Waals surface area contributed by atoms with Crippen LogP contribution in [0.4, 0.5) is 5.69 Å². The van der Waals surface area contributed by atoms with E-state index in [9.17, 15) is 14.9 Å². The van der Waals surface area contributed by atoms with Gasteiger partial charge in [0.1, 0.15) is 5.76 Å². The summed E-state index contributed by atoms with van der Waals surface area (Å²) in [5, 5.41) is 15.2. The fraction of sp³-hybridized carbons (Fsp3) is 0. The molecule has 1 N–H and O–H groups in total. The molecule has 3 rings (SSSR count). The van der Waals surface area contributed by atoms with Crippen molar-refractivity contribution in [3.63, 3.8) is 0 Å². The molecule has 0 aliphatic heterocycles. The van der Waals surface area contributed by atoms with Gasteiger partial charge in [-0.25, -0.2) is 5.43 Å². The Bertz CT molecular complexity index is 960. The van der Waals surface area contributed by atoms with Crippen molar-refractivity contribution in [1.82, 2.24) is 5.43 Å². The Morgan fingerprint density at radius 1 is 1.33 bits per heavy atom. The summed E-state index contributed by atoms with van der Waals surface area (Å²) in [6.45, 7) is 0. The molecule has 2 heterocycles. The first-order valence-corrected chi connectivity index (χ1v) is 8.80. The topological polar surface area (TPSA) is 97.7 Å². The lowest BCUT2D eigenvalue weighted by Gasteiger charge is -1.93. The highest BCUT2D eigenvalue weighted by Crippen LogP contribution is 2.29. The Hall–Kier alpha value is -2.04. The monoisotopic (exact) mass is 471 g/mol. The van der Waals surface area contributed by atoms with Gasteiger partial charge in [-0.05, 0) is 44.0 Å². The third-order valence-corrected chi connectivity index (χ3v) is 5.78. The number of furan rings is 1. The van der Waals surface area contributed by atoms with Gasteiger partial charge in [0, 0.05) is 28.3 Å². The van der Waals surface area contributed by atoms with E-state index in [1.54, 1.807) is 18.2 Å². The number of carbonyl (C=O) groups is 1. The average molecular weight is 473 g/mol. The minimum Gasteiger partial charge on any atom is -0.447 e. The maximum atomic E-state index is 12.1. The molecule has 122 valence electrons. The Morgan fingerprint density at radius 3 is 2.79 bits per heavy atom. The van der Waals surface area contributed by atoms with E-state index in [1.807, 2.05) is 0 Å². The zero-order valence-electron chi connectivity index (χ0n) is 11.7. The summed E-state index contributed by atoms with van der Waals surface area (Å²) in [5.41, 5.74) is 2.38. The molecule has 0 unspecified atom stereocenters. The molecule has 3 aromatic rings. The highest BCUT2D eigenvalue weighted by Gasteiger charge is 2.13. The Morgan fingerprint density at radius 2 is 2.12 bits per heavy atom. The van der Waals surface area contributed by atoms with Crippen molar-refractivity contribution >= 4 is 71.1 Å². The average Bonchev–Trinajstić information content (AvgIpc) is 3.10. The number of nitrogens with one attached hydrogen (secondary N) is 1. The van der Waals surface area contributed by atoms with E-state index in [0.717, 1.165) is 9.17 Å².